The van der Waals surface area contributed by atoms with E-state index in [2.05, 4.69) is 0 Å². The molecule has 5 nitrogen and oxygen atoms in total. The maximum atomic E-state index is 14.4. The van der Waals surface area contributed by atoms with E-state index in [9.17, 15) is 19.5 Å². The van der Waals surface area contributed by atoms with Crippen LogP contribution in [0.5, 0.6) is 0 Å². The third-order valence-corrected chi connectivity index (χ3v) is 8.25. The summed E-state index contributed by atoms with van der Waals surface area (Å²) < 4.78 is 0. The van der Waals surface area contributed by atoms with Gasteiger partial charge >= 0.3 is 5.97 Å². The average molecular weight is 478 g/mol. The molecular formula is C31H27NO4. The molecule has 1 heterocycles. The second kappa shape index (κ2) is 8.59. The average Bonchev–Trinajstić information content (AvgIpc) is 3.50. The van der Waals surface area contributed by atoms with Crippen LogP contribution >= 0.6 is 0 Å². The number of carboxylic acid groups (broad SMARTS) is 1. The smallest absolute Gasteiger partial charge is 0.326 e. The van der Waals surface area contributed by atoms with Crippen molar-refractivity contribution < 1.29 is 19.5 Å². The molecule has 0 saturated carbocycles. The number of carbonyl (C=O) groups excluding carboxylic acids is 2. The number of carbonyl (C=O) groups is 3. The standard InChI is InChI=1S/C31H27NO4/c33-28-23-14-7-8-15-24(23)29(34)31(28)25(20-10-3-1-4-11-20)18-22(32-17-9-16-27(32)30(35)36)19-26(31)21-12-5-2-6-13-21/h1-8,10-15,18,25-27H,9,16-17,19H2,(H,35,36)/t25-,26-,27-/m0/s1. The van der Waals surface area contributed by atoms with Gasteiger partial charge in [-0.1, -0.05) is 91.0 Å². The lowest BCUT2D eigenvalue weighted by Gasteiger charge is -2.46. The summed E-state index contributed by atoms with van der Waals surface area (Å²) in [4.78, 5) is 42.9. The highest BCUT2D eigenvalue weighted by Gasteiger charge is 2.63. The molecule has 3 atom stereocenters. The molecule has 1 saturated heterocycles. The lowest BCUT2D eigenvalue weighted by Crippen LogP contribution is -2.49. The molecule has 0 aromatic heterocycles. The fourth-order valence-corrected chi connectivity index (χ4v) is 6.67. The van der Waals surface area contributed by atoms with Crippen LogP contribution in [-0.2, 0) is 4.79 Å². The van der Waals surface area contributed by atoms with Crippen LogP contribution in [-0.4, -0.2) is 40.1 Å². The first-order chi connectivity index (χ1) is 17.5. The highest BCUT2D eigenvalue weighted by molar-refractivity contribution is 6.31. The molecule has 0 bridgehead atoms. The number of nitrogens with zero attached hydrogens (tertiary/aromatic N) is 1. The van der Waals surface area contributed by atoms with Gasteiger partial charge in [-0.2, -0.15) is 0 Å². The third-order valence-electron chi connectivity index (χ3n) is 8.25. The van der Waals surface area contributed by atoms with Crippen molar-refractivity contribution in [1.29, 1.82) is 0 Å². The first-order valence-corrected chi connectivity index (χ1v) is 12.5. The number of hydrogen-bond donors (Lipinski definition) is 1. The van der Waals surface area contributed by atoms with E-state index in [1.807, 2.05) is 83.8 Å². The minimum absolute atomic E-state index is 0.141. The van der Waals surface area contributed by atoms with Crippen molar-refractivity contribution in [1.82, 2.24) is 4.90 Å². The molecule has 6 rings (SSSR count). The van der Waals surface area contributed by atoms with Crippen LogP contribution < -0.4 is 0 Å². The van der Waals surface area contributed by atoms with Gasteiger partial charge in [0.05, 0.1) is 0 Å². The predicted molar refractivity (Wildman–Crippen MR) is 136 cm³/mol. The number of ketones is 2. The summed E-state index contributed by atoms with van der Waals surface area (Å²) >= 11 is 0. The molecule has 1 N–H and O–H groups in total. The summed E-state index contributed by atoms with van der Waals surface area (Å²) in [5.74, 6) is -2.06. The Labute approximate surface area is 210 Å². The second-order valence-electron chi connectivity index (χ2n) is 9.98. The largest absolute Gasteiger partial charge is 0.480 e. The Balaban J connectivity index is 1.62. The van der Waals surface area contributed by atoms with Gasteiger partial charge < -0.3 is 10.0 Å². The Morgan fingerprint density at radius 3 is 1.94 bits per heavy atom. The Bertz CT molecular complexity index is 1340. The van der Waals surface area contributed by atoms with Gasteiger partial charge in [-0.3, -0.25) is 9.59 Å². The van der Waals surface area contributed by atoms with Gasteiger partial charge in [-0.25, -0.2) is 4.79 Å². The van der Waals surface area contributed by atoms with Gasteiger partial charge in [0.25, 0.3) is 0 Å². The lowest BCUT2D eigenvalue weighted by molar-refractivity contribution is -0.141. The Hall–Kier alpha value is -3.99. The fraction of sp³-hybridized carbons (Fsp3) is 0.258. The summed E-state index contributed by atoms with van der Waals surface area (Å²) in [7, 11) is 0. The van der Waals surface area contributed by atoms with E-state index in [1.165, 1.54) is 0 Å². The molecule has 0 unspecified atom stereocenters. The number of carboxylic acids is 1. The Morgan fingerprint density at radius 1 is 0.806 bits per heavy atom. The summed E-state index contributed by atoms with van der Waals surface area (Å²) in [6, 6.07) is 26.0. The maximum Gasteiger partial charge on any atom is 0.326 e. The van der Waals surface area contributed by atoms with Crippen LogP contribution in [0, 0.1) is 5.41 Å². The fourth-order valence-electron chi connectivity index (χ4n) is 6.67. The van der Waals surface area contributed by atoms with Crippen molar-refractivity contribution in [3.63, 3.8) is 0 Å². The van der Waals surface area contributed by atoms with Gasteiger partial charge in [-0.05, 0) is 30.4 Å². The summed E-state index contributed by atoms with van der Waals surface area (Å²) in [6.45, 7) is 0.654. The van der Waals surface area contributed by atoms with Crippen molar-refractivity contribution in [3.05, 3.63) is 119 Å². The number of rotatable bonds is 4. The minimum Gasteiger partial charge on any atom is -0.480 e. The van der Waals surface area contributed by atoms with Crippen molar-refractivity contribution >= 4 is 17.5 Å². The molecule has 3 aromatic carbocycles. The molecule has 3 aromatic rings. The van der Waals surface area contributed by atoms with Crippen LogP contribution in [0.2, 0.25) is 0 Å². The number of hydrogen-bond acceptors (Lipinski definition) is 4. The lowest BCUT2D eigenvalue weighted by atomic mass is 9.55. The molecule has 0 radical (unpaired) electrons. The third kappa shape index (κ3) is 3.19. The number of fused-ring (bicyclic) bond motifs is 1. The molecule has 5 heteroatoms. The summed E-state index contributed by atoms with van der Waals surface area (Å²) in [6.07, 6.45) is 3.85. The van der Waals surface area contributed by atoms with E-state index in [4.69, 9.17) is 0 Å². The van der Waals surface area contributed by atoms with Crippen LogP contribution in [0.3, 0.4) is 0 Å². The molecule has 1 fully saturated rings. The van der Waals surface area contributed by atoms with E-state index >= 15 is 0 Å². The molecular weight excluding hydrogens is 450 g/mol. The van der Waals surface area contributed by atoms with E-state index in [0.717, 1.165) is 23.2 Å². The SMILES string of the molecule is O=C(O)[C@@H]1CCCN1C1=C[C@@H](c2ccccc2)C2(C(=O)c3ccccc3C2=O)[C@H](c2ccccc2)C1. The normalized spacial score (nSPS) is 24.6. The van der Waals surface area contributed by atoms with E-state index < -0.39 is 29.3 Å². The zero-order chi connectivity index (χ0) is 24.9. The van der Waals surface area contributed by atoms with Crippen molar-refractivity contribution in [2.24, 2.45) is 5.41 Å². The number of aliphatic carboxylic acids is 1. The first kappa shape index (κ1) is 22.5. The van der Waals surface area contributed by atoms with Crippen LogP contribution in [0.1, 0.15) is 62.9 Å². The van der Waals surface area contributed by atoms with Gasteiger partial charge in [0.15, 0.2) is 11.6 Å². The van der Waals surface area contributed by atoms with Gasteiger partial charge in [0.2, 0.25) is 0 Å². The van der Waals surface area contributed by atoms with Gasteiger partial charge in [0.1, 0.15) is 11.5 Å². The number of likely N-dealkylation sites (tertiary alicyclic amines) is 1. The van der Waals surface area contributed by atoms with Crippen molar-refractivity contribution in [3.8, 4) is 0 Å². The molecule has 3 aliphatic rings. The molecule has 1 spiro atoms. The van der Waals surface area contributed by atoms with Crippen molar-refractivity contribution in [2.75, 3.05) is 6.54 Å². The molecule has 0 amide bonds. The zero-order valence-corrected chi connectivity index (χ0v) is 19.8. The van der Waals surface area contributed by atoms with Crippen LogP contribution in [0.15, 0.2) is 96.7 Å². The monoisotopic (exact) mass is 477 g/mol. The molecule has 180 valence electrons. The van der Waals surface area contributed by atoms with Gasteiger partial charge in [0, 0.05) is 35.2 Å². The minimum atomic E-state index is -1.33. The van der Waals surface area contributed by atoms with Crippen LogP contribution in [0.25, 0.3) is 0 Å². The van der Waals surface area contributed by atoms with Gasteiger partial charge in [-0.15, -0.1) is 0 Å². The van der Waals surface area contributed by atoms with Crippen LogP contribution in [0.4, 0.5) is 0 Å². The van der Waals surface area contributed by atoms with E-state index in [0.29, 0.717) is 30.5 Å². The Kier molecular flexibility index (Phi) is 5.36. The number of benzene rings is 3. The molecule has 1 aliphatic heterocycles. The first-order valence-electron chi connectivity index (χ1n) is 12.5. The second-order valence-corrected chi connectivity index (χ2v) is 9.98. The van der Waals surface area contributed by atoms with E-state index in [1.54, 1.807) is 12.1 Å². The van der Waals surface area contributed by atoms with Crippen molar-refractivity contribution in [2.45, 2.75) is 37.1 Å². The molecule has 2 aliphatic carbocycles. The van der Waals surface area contributed by atoms with E-state index in [-0.39, 0.29) is 11.6 Å². The highest BCUT2D eigenvalue weighted by Crippen LogP contribution is 2.60. The number of allylic oxidation sites excluding steroid dienone is 2. The molecule has 36 heavy (non-hydrogen) atoms. The maximum absolute atomic E-state index is 14.4. The summed E-state index contributed by atoms with van der Waals surface area (Å²) in [5, 5.41) is 9.91. The zero-order valence-electron chi connectivity index (χ0n) is 19.8. The Morgan fingerprint density at radius 2 is 1.36 bits per heavy atom. The predicted octanol–water partition coefficient (Wildman–Crippen LogP) is 5.46. The number of Topliss-reactive ketones (excluding diaryl/α,β-unsaturated/α-hetero) is 2. The quantitative estimate of drug-likeness (QED) is 0.506. The topological polar surface area (TPSA) is 74.7 Å². The highest BCUT2D eigenvalue weighted by atomic mass is 16.4. The summed E-state index contributed by atoms with van der Waals surface area (Å²) in [5.41, 5.74) is 2.34.